The minimum atomic E-state index is -0.140. The van der Waals surface area contributed by atoms with Crippen molar-refractivity contribution in [1.82, 2.24) is 4.90 Å². The largest absolute Gasteiger partial charge is 0.393 e. The topological polar surface area (TPSA) is 43.7 Å². The number of hydrogen-bond donors (Lipinski definition) is 2. The van der Waals surface area contributed by atoms with Crippen LogP contribution in [0.1, 0.15) is 70.6 Å². The molecule has 3 aliphatic rings. The van der Waals surface area contributed by atoms with Gasteiger partial charge in [0.05, 0.1) is 12.2 Å². The monoisotopic (exact) mass is 281 g/mol. The van der Waals surface area contributed by atoms with Crippen molar-refractivity contribution in [2.45, 2.75) is 94.9 Å². The van der Waals surface area contributed by atoms with Crippen LogP contribution in [0.3, 0.4) is 0 Å². The van der Waals surface area contributed by atoms with Gasteiger partial charge >= 0.3 is 0 Å². The average molecular weight is 281 g/mol. The van der Waals surface area contributed by atoms with Gasteiger partial charge in [0.15, 0.2) is 0 Å². The Kier molecular flexibility index (Phi) is 5.00. The van der Waals surface area contributed by atoms with E-state index in [2.05, 4.69) is 4.90 Å². The van der Waals surface area contributed by atoms with E-state index in [0.717, 1.165) is 25.8 Å². The summed E-state index contributed by atoms with van der Waals surface area (Å²) in [4.78, 5) is 2.59. The lowest BCUT2D eigenvalue weighted by molar-refractivity contribution is -0.0197. The van der Waals surface area contributed by atoms with Gasteiger partial charge in [-0.05, 0) is 45.1 Å². The van der Waals surface area contributed by atoms with Crippen molar-refractivity contribution in [3.8, 4) is 0 Å². The Balaban J connectivity index is 1.70. The smallest absolute Gasteiger partial charge is 0.0695 e. The van der Waals surface area contributed by atoms with E-state index in [1.165, 1.54) is 51.4 Å². The summed E-state index contributed by atoms with van der Waals surface area (Å²) < 4.78 is 0. The molecule has 0 amide bonds. The summed E-state index contributed by atoms with van der Waals surface area (Å²) >= 11 is 0. The van der Waals surface area contributed by atoms with E-state index in [1.54, 1.807) is 0 Å². The van der Waals surface area contributed by atoms with Crippen LogP contribution >= 0.6 is 0 Å². The molecule has 2 saturated carbocycles. The second-order valence-electron chi connectivity index (χ2n) is 7.24. The first-order valence-corrected chi connectivity index (χ1v) is 8.89. The molecule has 1 heterocycles. The van der Waals surface area contributed by atoms with Gasteiger partial charge in [-0.3, -0.25) is 4.90 Å². The highest BCUT2D eigenvalue weighted by molar-refractivity contribution is 4.95. The lowest BCUT2D eigenvalue weighted by Gasteiger charge is -2.42. The lowest BCUT2D eigenvalue weighted by Crippen LogP contribution is -2.50. The van der Waals surface area contributed by atoms with Gasteiger partial charge < -0.3 is 10.2 Å². The summed E-state index contributed by atoms with van der Waals surface area (Å²) in [6.07, 6.45) is 12.7. The molecule has 1 saturated heterocycles. The molecule has 0 aromatic heterocycles. The predicted molar refractivity (Wildman–Crippen MR) is 80.6 cm³/mol. The van der Waals surface area contributed by atoms with Gasteiger partial charge in [-0.2, -0.15) is 0 Å². The number of rotatable bonds is 2. The highest BCUT2D eigenvalue weighted by Crippen LogP contribution is 2.37. The predicted octanol–water partition coefficient (Wildman–Crippen LogP) is 2.70. The molecule has 116 valence electrons. The molecule has 3 rings (SSSR count). The summed E-state index contributed by atoms with van der Waals surface area (Å²) in [6.45, 7) is 1.13. The second-order valence-corrected chi connectivity index (χ2v) is 7.24. The van der Waals surface area contributed by atoms with Crippen molar-refractivity contribution in [1.29, 1.82) is 0 Å². The maximum Gasteiger partial charge on any atom is 0.0695 e. The standard InChI is InChI=1S/C17H31NO2/c19-16-10-5-4-7-13(16)14-9-6-12-18(14)15-8-2-1-3-11-17(15)20/h13-17,19-20H,1-12H2. The third-order valence-corrected chi connectivity index (χ3v) is 5.99. The highest BCUT2D eigenvalue weighted by Gasteiger charge is 2.41. The maximum absolute atomic E-state index is 10.5. The summed E-state index contributed by atoms with van der Waals surface area (Å²) in [5.41, 5.74) is 0. The minimum absolute atomic E-state index is 0.0997. The van der Waals surface area contributed by atoms with Gasteiger partial charge in [-0.25, -0.2) is 0 Å². The van der Waals surface area contributed by atoms with Crippen LogP contribution in [0.25, 0.3) is 0 Å². The van der Waals surface area contributed by atoms with Crippen LogP contribution < -0.4 is 0 Å². The van der Waals surface area contributed by atoms with Gasteiger partial charge in [0, 0.05) is 18.0 Å². The molecular weight excluding hydrogens is 250 g/mol. The van der Waals surface area contributed by atoms with Gasteiger partial charge in [-0.1, -0.05) is 32.1 Å². The average Bonchev–Trinajstić information content (AvgIpc) is 2.82. The molecule has 0 bridgehead atoms. The van der Waals surface area contributed by atoms with Crippen LogP contribution in [0.5, 0.6) is 0 Å². The molecule has 2 aliphatic carbocycles. The molecule has 0 aromatic carbocycles. The first kappa shape index (κ1) is 14.8. The number of hydrogen-bond acceptors (Lipinski definition) is 3. The number of aliphatic hydroxyl groups excluding tert-OH is 2. The molecule has 3 fully saturated rings. The molecule has 5 unspecified atom stereocenters. The molecule has 5 atom stereocenters. The molecule has 0 aromatic rings. The Hall–Kier alpha value is -0.120. The van der Waals surface area contributed by atoms with Crippen molar-refractivity contribution >= 4 is 0 Å². The zero-order valence-corrected chi connectivity index (χ0v) is 12.7. The second kappa shape index (κ2) is 6.76. The van der Waals surface area contributed by atoms with Crippen LogP contribution in [0.2, 0.25) is 0 Å². The quantitative estimate of drug-likeness (QED) is 0.765. The first-order chi connectivity index (χ1) is 9.77. The van der Waals surface area contributed by atoms with E-state index in [1.807, 2.05) is 0 Å². The Labute approximate surface area is 123 Å². The third-order valence-electron chi connectivity index (χ3n) is 5.99. The minimum Gasteiger partial charge on any atom is -0.393 e. The zero-order chi connectivity index (χ0) is 13.9. The van der Waals surface area contributed by atoms with Gasteiger partial charge in [0.25, 0.3) is 0 Å². The first-order valence-electron chi connectivity index (χ1n) is 8.89. The fourth-order valence-corrected chi connectivity index (χ4v) is 4.93. The van der Waals surface area contributed by atoms with E-state index in [0.29, 0.717) is 18.0 Å². The third kappa shape index (κ3) is 3.05. The van der Waals surface area contributed by atoms with Crippen LogP contribution in [-0.4, -0.2) is 45.9 Å². The van der Waals surface area contributed by atoms with E-state index in [-0.39, 0.29) is 12.2 Å². The fraction of sp³-hybridized carbons (Fsp3) is 1.00. The summed E-state index contributed by atoms with van der Waals surface area (Å²) in [6, 6.07) is 0.891. The van der Waals surface area contributed by atoms with Crippen LogP contribution in [0.15, 0.2) is 0 Å². The van der Waals surface area contributed by atoms with Gasteiger partial charge in [0.1, 0.15) is 0 Å². The van der Waals surface area contributed by atoms with Crippen molar-refractivity contribution in [2.75, 3.05) is 6.54 Å². The van der Waals surface area contributed by atoms with Crippen molar-refractivity contribution in [3.63, 3.8) is 0 Å². The molecule has 2 N–H and O–H groups in total. The Morgan fingerprint density at radius 2 is 1.25 bits per heavy atom. The van der Waals surface area contributed by atoms with E-state index in [9.17, 15) is 10.2 Å². The maximum atomic E-state index is 10.5. The van der Waals surface area contributed by atoms with E-state index >= 15 is 0 Å². The SMILES string of the molecule is OC1CCCCC1C1CCCN1C1CCCCCC1O. The van der Waals surface area contributed by atoms with Gasteiger partial charge in [-0.15, -0.1) is 0 Å². The summed E-state index contributed by atoms with van der Waals surface area (Å²) in [7, 11) is 0. The Bertz CT molecular complexity index is 309. The normalized spacial score (nSPS) is 44.4. The molecule has 0 radical (unpaired) electrons. The lowest BCUT2D eigenvalue weighted by atomic mass is 9.80. The van der Waals surface area contributed by atoms with Gasteiger partial charge in [0.2, 0.25) is 0 Å². The molecule has 20 heavy (non-hydrogen) atoms. The van der Waals surface area contributed by atoms with E-state index < -0.39 is 0 Å². The molecule has 0 spiro atoms. The van der Waals surface area contributed by atoms with Crippen molar-refractivity contribution < 1.29 is 10.2 Å². The Morgan fingerprint density at radius 3 is 2.10 bits per heavy atom. The van der Waals surface area contributed by atoms with Crippen molar-refractivity contribution in [3.05, 3.63) is 0 Å². The summed E-state index contributed by atoms with van der Waals surface area (Å²) in [5, 5.41) is 20.9. The Morgan fingerprint density at radius 1 is 0.600 bits per heavy atom. The molecular formula is C17H31NO2. The van der Waals surface area contributed by atoms with Crippen LogP contribution in [-0.2, 0) is 0 Å². The molecule has 3 heteroatoms. The molecule has 3 nitrogen and oxygen atoms in total. The van der Waals surface area contributed by atoms with Crippen LogP contribution in [0.4, 0.5) is 0 Å². The number of aliphatic hydroxyl groups is 2. The van der Waals surface area contributed by atoms with Crippen molar-refractivity contribution in [2.24, 2.45) is 5.92 Å². The molecule has 1 aliphatic heterocycles. The van der Waals surface area contributed by atoms with Crippen LogP contribution in [0, 0.1) is 5.92 Å². The summed E-state index contributed by atoms with van der Waals surface area (Å²) in [5.74, 6) is 0.460. The zero-order valence-electron chi connectivity index (χ0n) is 12.7. The fourth-order valence-electron chi connectivity index (χ4n) is 4.93. The number of nitrogens with zero attached hydrogens (tertiary/aromatic N) is 1. The highest BCUT2D eigenvalue weighted by atomic mass is 16.3. The number of likely N-dealkylation sites (tertiary alicyclic amines) is 1. The van der Waals surface area contributed by atoms with E-state index in [4.69, 9.17) is 0 Å².